The molecule has 1 atom stereocenters. The Balaban J connectivity index is 2.28. The molecule has 1 unspecified atom stereocenters. The van der Waals surface area contributed by atoms with Crippen LogP contribution in [0.3, 0.4) is 0 Å². The number of hydrogen-bond acceptors (Lipinski definition) is 5. The zero-order valence-electron chi connectivity index (χ0n) is 11.2. The Hall–Kier alpha value is -2.37. The first-order chi connectivity index (χ1) is 9.61. The Kier molecular flexibility index (Phi) is 4.34. The van der Waals surface area contributed by atoms with Crippen molar-refractivity contribution in [3.8, 4) is 0 Å². The maximum absolute atomic E-state index is 11.5. The van der Waals surface area contributed by atoms with Gasteiger partial charge in [-0.25, -0.2) is 4.79 Å². The molecule has 2 rings (SSSR count). The van der Waals surface area contributed by atoms with E-state index in [0.29, 0.717) is 11.3 Å². The maximum atomic E-state index is 11.5. The molecule has 6 heteroatoms. The molecule has 0 heterocycles. The van der Waals surface area contributed by atoms with Gasteiger partial charge in [-0.2, -0.15) is 0 Å². The molecule has 6 nitrogen and oxygen atoms in total. The van der Waals surface area contributed by atoms with Gasteiger partial charge in [0.15, 0.2) is 0 Å². The second-order valence-electron chi connectivity index (χ2n) is 4.61. The molecule has 1 aliphatic carbocycles. The van der Waals surface area contributed by atoms with Crippen molar-refractivity contribution in [3.63, 3.8) is 0 Å². The molecule has 0 amide bonds. The third kappa shape index (κ3) is 3.14. The smallest absolute Gasteiger partial charge is 0.337 e. The summed E-state index contributed by atoms with van der Waals surface area (Å²) in [4.78, 5) is 22.1. The summed E-state index contributed by atoms with van der Waals surface area (Å²) in [7, 11) is 1.28. The van der Waals surface area contributed by atoms with Gasteiger partial charge in [0.05, 0.1) is 17.6 Å². The van der Waals surface area contributed by atoms with Crippen LogP contribution in [0.15, 0.2) is 30.4 Å². The van der Waals surface area contributed by atoms with E-state index in [1.54, 1.807) is 0 Å². The second-order valence-corrected chi connectivity index (χ2v) is 4.61. The van der Waals surface area contributed by atoms with E-state index in [4.69, 9.17) is 0 Å². The van der Waals surface area contributed by atoms with Gasteiger partial charge in [0.1, 0.15) is 5.69 Å². The summed E-state index contributed by atoms with van der Waals surface area (Å²) in [6.07, 6.45) is 6.83. The molecule has 0 aliphatic heterocycles. The van der Waals surface area contributed by atoms with Crippen LogP contribution in [0.4, 0.5) is 11.4 Å². The van der Waals surface area contributed by atoms with Crippen LogP contribution in [0.1, 0.15) is 29.6 Å². The minimum Gasteiger partial charge on any atom is -0.465 e. The molecule has 0 bridgehead atoms. The summed E-state index contributed by atoms with van der Waals surface area (Å²) in [5, 5.41) is 14.2. The van der Waals surface area contributed by atoms with Crippen molar-refractivity contribution in [2.75, 3.05) is 12.4 Å². The number of nitrogens with zero attached hydrogens (tertiary/aromatic N) is 1. The van der Waals surface area contributed by atoms with Gasteiger partial charge in [0, 0.05) is 12.1 Å². The third-order valence-electron chi connectivity index (χ3n) is 3.24. The van der Waals surface area contributed by atoms with Crippen LogP contribution < -0.4 is 5.32 Å². The first-order valence-corrected chi connectivity index (χ1v) is 6.40. The fourth-order valence-corrected chi connectivity index (χ4v) is 2.20. The highest BCUT2D eigenvalue weighted by Gasteiger charge is 2.20. The van der Waals surface area contributed by atoms with Crippen LogP contribution in [-0.2, 0) is 4.74 Å². The third-order valence-corrected chi connectivity index (χ3v) is 3.24. The number of nitrogens with one attached hydrogen (secondary N) is 1. The fraction of sp³-hybridized carbons (Fsp3) is 0.357. The minimum absolute atomic E-state index is 0.0350. The lowest BCUT2D eigenvalue weighted by molar-refractivity contribution is -0.384. The molecule has 0 fully saturated rings. The van der Waals surface area contributed by atoms with Gasteiger partial charge in [-0.15, -0.1) is 0 Å². The Morgan fingerprint density at radius 3 is 2.85 bits per heavy atom. The molecule has 0 saturated heterocycles. The Bertz CT molecular complexity index is 554. The van der Waals surface area contributed by atoms with Crippen molar-refractivity contribution >= 4 is 17.3 Å². The van der Waals surface area contributed by atoms with E-state index >= 15 is 0 Å². The number of allylic oxidation sites excluding steroid dienone is 1. The van der Waals surface area contributed by atoms with Crippen LogP contribution in [0.25, 0.3) is 0 Å². The Morgan fingerprint density at radius 2 is 2.25 bits per heavy atom. The van der Waals surface area contributed by atoms with E-state index in [-0.39, 0.29) is 11.7 Å². The number of benzene rings is 1. The fourth-order valence-electron chi connectivity index (χ4n) is 2.20. The maximum Gasteiger partial charge on any atom is 0.337 e. The van der Waals surface area contributed by atoms with E-state index in [9.17, 15) is 14.9 Å². The van der Waals surface area contributed by atoms with Crippen LogP contribution in [-0.4, -0.2) is 24.0 Å². The number of anilines is 1. The molecule has 1 aromatic carbocycles. The molecule has 20 heavy (non-hydrogen) atoms. The lowest BCUT2D eigenvalue weighted by atomic mass is 10.0. The predicted octanol–water partition coefficient (Wildman–Crippen LogP) is 2.90. The highest BCUT2D eigenvalue weighted by molar-refractivity contribution is 5.91. The standard InChI is InChI=1S/C14H16N2O4/c1-20-14(17)10-7-8-13(16(18)19)12(9-10)15-11-5-3-2-4-6-11/h2-3,7-9,11,15H,4-6H2,1H3. The van der Waals surface area contributed by atoms with Crippen LogP contribution in [0, 0.1) is 10.1 Å². The average molecular weight is 276 g/mol. The van der Waals surface area contributed by atoms with Crippen molar-refractivity contribution in [1.29, 1.82) is 0 Å². The zero-order valence-corrected chi connectivity index (χ0v) is 11.2. The summed E-state index contributed by atoms with van der Waals surface area (Å²) >= 11 is 0. The van der Waals surface area contributed by atoms with Crippen molar-refractivity contribution in [1.82, 2.24) is 0 Å². The molecular formula is C14H16N2O4. The molecular weight excluding hydrogens is 260 g/mol. The van der Waals surface area contributed by atoms with Gasteiger partial charge < -0.3 is 10.1 Å². The normalized spacial score (nSPS) is 17.6. The van der Waals surface area contributed by atoms with Crippen molar-refractivity contribution in [2.24, 2.45) is 0 Å². The van der Waals surface area contributed by atoms with Gasteiger partial charge >= 0.3 is 5.97 Å². The van der Waals surface area contributed by atoms with Gasteiger partial charge in [-0.1, -0.05) is 12.2 Å². The number of carbonyl (C=O) groups is 1. The average Bonchev–Trinajstić information content (AvgIpc) is 2.47. The van der Waals surface area contributed by atoms with Crippen molar-refractivity contribution in [3.05, 3.63) is 46.0 Å². The molecule has 0 saturated carbocycles. The quantitative estimate of drug-likeness (QED) is 0.396. The van der Waals surface area contributed by atoms with Gasteiger partial charge in [0.2, 0.25) is 0 Å². The summed E-state index contributed by atoms with van der Waals surface area (Å²) in [5.74, 6) is -0.508. The Labute approximate surface area is 116 Å². The van der Waals surface area contributed by atoms with Gasteiger partial charge in [0.25, 0.3) is 5.69 Å². The number of hydrogen-bond donors (Lipinski definition) is 1. The van der Waals surface area contributed by atoms with Gasteiger partial charge in [-0.3, -0.25) is 10.1 Å². The van der Waals surface area contributed by atoms with E-state index in [1.807, 2.05) is 0 Å². The lowest BCUT2D eigenvalue weighted by Gasteiger charge is -2.20. The first kappa shape index (κ1) is 14.0. The van der Waals surface area contributed by atoms with Crippen LogP contribution in [0.5, 0.6) is 0 Å². The lowest BCUT2D eigenvalue weighted by Crippen LogP contribution is -2.21. The minimum atomic E-state index is -0.508. The van der Waals surface area contributed by atoms with Crippen LogP contribution >= 0.6 is 0 Å². The highest BCUT2D eigenvalue weighted by Crippen LogP contribution is 2.28. The molecule has 106 valence electrons. The largest absolute Gasteiger partial charge is 0.465 e. The molecule has 1 aliphatic rings. The number of nitro benzene ring substituents is 1. The highest BCUT2D eigenvalue weighted by atomic mass is 16.6. The van der Waals surface area contributed by atoms with Crippen LogP contribution in [0.2, 0.25) is 0 Å². The molecule has 1 N–H and O–H groups in total. The Morgan fingerprint density at radius 1 is 1.45 bits per heavy atom. The first-order valence-electron chi connectivity index (χ1n) is 6.40. The SMILES string of the molecule is COC(=O)c1ccc([N+](=O)[O-])c(NC2CC=CCC2)c1. The van der Waals surface area contributed by atoms with E-state index < -0.39 is 10.9 Å². The summed E-state index contributed by atoms with van der Waals surface area (Å²) in [6.45, 7) is 0. The van der Waals surface area contributed by atoms with E-state index in [2.05, 4.69) is 22.2 Å². The predicted molar refractivity (Wildman–Crippen MR) is 74.8 cm³/mol. The summed E-state index contributed by atoms with van der Waals surface area (Å²) in [5.41, 5.74) is 0.623. The van der Waals surface area contributed by atoms with Gasteiger partial charge in [-0.05, 0) is 31.4 Å². The van der Waals surface area contributed by atoms with E-state index in [1.165, 1.54) is 25.3 Å². The second kappa shape index (κ2) is 6.18. The molecule has 1 aromatic rings. The molecule has 0 spiro atoms. The molecule has 0 radical (unpaired) electrons. The number of esters is 1. The number of carbonyl (C=O) groups excluding carboxylic acids is 1. The number of rotatable bonds is 4. The van der Waals surface area contributed by atoms with Crippen molar-refractivity contribution < 1.29 is 14.5 Å². The number of nitro groups is 1. The van der Waals surface area contributed by atoms with Crippen molar-refractivity contribution in [2.45, 2.75) is 25.3 Å². The topological polar surface area (TPSA) is 81.5 Å². The van der Waals surface area contributed by atoms with E-state index in [0.717, 1.165) is 19.3 Å². The molecule has 0 aromatic heterocycles. The monoisotopic (exact) mass is 276 g/mol. The zero-order chi connectivity index (χ0) is 14.5. The number of methoxy groups -OCH3 is 1. The summed E-state index contributed by atoms with van der Waals surface area (Å²) in [6, 6.07) is 4.34. The number of ether oxygens (including phenoxy) is 1. The summed E-state index contributed by atoms with van der Waals surface area (Å²) < 4.78 is 4.63.